The smallest absolute Gasteiger partial charge is 0.339 e. The summed E-state index contributed by atoms with van der Waals surface area (Å²) in [4.78, 5) is 44.8. The lowest BCUT2D eigenvalue weighted by atomic mass is 9.95. The molecule has 1 N–H and O–H groups in total. The van der Waals surface area contributed by atoms with Crippen molar-refractivity contribution in [1.29, 1.82) is 0 Å². The number of hydrogen-bond donors (Lipinski definition) is 1. The highest BCUT2D eigenvalue weighted by atomic mass is 16.5. The molecule has 7 nitrogen and oxygen atoms in total. The average molecular weight is 494 g/mol. The summed E-state index contributed by atoms with van der Waals surface area (Å²) < 4.78 is 5.46. The van der Waals surface area contributed by atoms with Gasteiger partial charge in [0.2, 0.25) is 5.91 Å². The first-order valence-corrected chi connectivity index (χ1v) is 12.3. The summed E-state index contributed by atoms with van der Waals surface area (Å²) in [5.41, 5.74) is 3.36. The molecule has 0 radical (unpaired) electrons. The van der Waals surface area contributed by atoms with Gasteiger partial charge in [-0.1, -0.05) is 66.7 Å². The Bertz CT molecular complexity index is 1410. The Balaban J connectivity index is 1.20. The number of aromatic nitrogens is 1. The van der Waals surface area contributed by atoms with Gasteiger partial charge in [-0.05, 0) is 37.1 Å². The number of pyridine rings is 1. The Morgan fingerprint density at radius 3 is 2.24 bits per heavy atom. The van der Waals surface area contributed by atoms with Crippen LogP contribution in [0.4, 0.5) is 5.69 Å². The fourth-order valence-electron chi connectivity index (χ4n) is 4.55. The van der Waals surface area contributed by atoms with Gasteiger partial charge in [-0.15, -0.1) is 0 Å². The number of nitrogens with zero attached hydrogens (tertiary/aromatic N) is 2. The molecular formula is C30H27N3O4. The number of hydrogen-bond acceptors (Lipinski definition) is 5. The predicted octanol–water partition coefficient (Wildman–Crippen LogP) is 4.94. The zero-order chi connectivity index (χ0) is 25.6. The summed E-state index contributed by atoms with van der Waals surface area (Å²) in [6, 6.07) is 28.0. The van der Waals surface area contributed by atoms with Crippen LogP contribution >= 0.6 is 0 Å². The SMILES string of the molecule is O=C(OCC(=O)N1CCC(C(=O)Nc2ccccc2)CC1)c1cc(-c2ccccc2)nc2ccccc12. The normalized spacial score (nSPS) is 13.8. The van der Waals surface area contributed by atoms with Gasteiger partial charge in [0.1, 0.15) is 0 Å². The molecule has 7 heteroatoms. The van der Waals surface area contributed by atoms with Gasteiger partial charge < -0.3 is 15.0 Å². The lowest BCUT2D eigenvalue weighted by Gasteiger charge is -2.31. The Hall–Kier alpha value is -4.52. The van der Waals surface area contributed by atoms with Crippen LogP contribution in [0.15, 0.2) is 91.0 Å². The van der Waals surface area contributed by atoms with Crippen LogP contribution in [-0.4, -0.2) is 47.4 Å². The standard InChI is InChI=1S/C30H27N3O4/c34-28(33-17-15-22(16-18-33)29(35)31-23-11-5-2-6-12-23)20-37-30(36)25-19-27(21-9-3-1-4-10-21)32-26-14-8-7-13-24(25)26/h1-14,19,22H,15-18,20H2,(H,31,35). The second-order valence-corrected chi connectivity index (χ2v) is 9.02. The molecule has 0 atom stereocenters. The van der Waals surface area contributed by atoms with Crippen LogP contribution in [0.5, 0.6) is 0 Å². The first-order chi connectivity index (χ1) is 18.1. The third-order valence-electron chi connectivity index (χ3n) is 6.59. The number of amides is 2. The van der Waals surface area contributed by atoms with E-state index in [4.69, 9.17) is 4.74 Å². The van der Waals surface area contributed by atoms with Gasteiger partial charge in [-0.25, -0.2) is 9.78 Å². The number of para-hydroxylation sites is 2. The van der Waals surface area contributed by atoms with Crippen molar-refractivity contribution in [2.45, 2.75) is 12.8 Å². The van der Waals surface area contributed by atoms with Crippen molar-refractivity contribution in [3.63, 3.8) is 0 Å². The van der Waals surface area contributed by atoms with Crippen LogP contribution in [0, 0.1) is 5.92 Å². The Morgan fingerprint density at radius 1 is 0.865 bits per heavy atom. The van der Waals surface area contributed by atoms with E-state index in [9.17, 15) is 14.4 Å². The largest absolute Gasteiger partial charge is 0.452 e. The molecule has 1 aromatic heterocycles. The zero-order valence-electron chi connectivity index (χ0n) is 20.3. The fraction of sp³-hybridized carbons (Fsp3) is 0.200. The Morgan fingerprint density at radius 2 is 1.51 bits per heavy atom. The van der Waals surface area contributed by atoms with Crippen molar-refractivity contribution in [2.24, 2.45) is 5.92 Å². The molecule has 2 amide bonds. The number of piperidine rings is 1. The van der Waals surface area contributed by atoms with E-state index in [1.807, 2.05) is 84.9 Å². The van der Waals surface area contributed by atoms with Crippen molar-refractivity contribution >= 4 is 34.4 Å². The number of carbonyl (C=O) groups excluding carboxylic acids is 3. The van der Waals surface area contributed by atoms with E-state index in [0.29, 0.717) is 48.1 Å². The summed E-state index contributed by atoms with van der Waals surface area (Å²) in [5.74, 6) is -1.03. The number of likely N-dealkylation sites (tertiary alicyclic amines) is 1. The van der Waals surface area contributed by atoms with E-state index in [0.717, 1.165) is 11.3 Å². The van der Waals surface area contributed by atoms with Gasteiger partial charge in [0.15, 0.2) is 6.61 Å². The third kappa shape index (κ3) is 5.67. The van der Waals surface area contributed by atoms with Crippen LogP contribution in [0.2, 0.25) is 0 Å². The molecule has 1 saturated heterocycles. The lowest BCUT2D eigenvalue weighted by molar-refractivity contribution is -0.137. The number of nitrogens with one attached hydrogen (secondary N) is 1. The number of rotatable bonds is 6. The van der Waals surface area contributed by atoms with Crippen molar-refractivity contribution in [3.8, 4) is 11.3 Å². The summed E-state index contributed by atoms with van der Waals surface area (Å²) in [7, 11) is 0. The number of anilines is 1. The first-order valence-electron chi connectivity index (χ1n) is 12.3. The molecule has 2 heterocycles. The molecule has 3 aromatic carbocycles. The monoisotopic (exact) mass is 493 g/mol. The van der Waals surface area contributed by atoms with Crippen LogP contribution in [0.25, 0.3) is 22.2 Å². The predicted molar refractivity (Wildman–Crippen MR) is 142 cm³/mol. The van der Waals surface area contributed by atoms with Crippen LogP contribution in [-0.2, 0) is 14.3 Å². The summed E-state index contributed by atoms with van der Waals surface area (Å²) >= 11 is 0. The van der Waals surface area contributed by atoms with E-state index in [1.165, 1.54) is 0 Å². The van der Waals surface area contributed by atoms with Crippen LogP contribution in [0.3, 0.4) is 0 Å². The Labute approximate surface area is 215 Å². The van der Waals surface area contributed by atoms with Crippen molar-refractivity contribution in [2.75, 3.05) is 25.0 Å². The van der Waals surface area contributed by atoms with E-state index < -0.39 is 5.97 Å². The summed E-state index contributed by atoms with van der Waals surface area (Å²) in [6.45, 7) is 0.538. The molecule has 186 valence electrons. The third-order valence-corrected chi connectivity index (χ3v) is 6.59. The van der Waals surface area contributed by atoms with Gasteiger partial charge >= 0.3 is 5.97 Å². The molecule has 0 unspecified atom stereocenters. The minimum atomic E-state index is -0.568. The maximum atomic E-state index is 13.1. The molecule has 5 rings (SSSR count). The second kappa shape index (κ2) is 11.0. The lowest BCUT2D eigenvalue weighted by Crippen LogP contribution is -2.43. The van der Waals surface area contributed by atoms with Gasteiger partial charge in [0.05, 0.1) is 16.8 Å². The van der Waals surface area contributed by atoms with E-state index >= 15 is 0 Å². The molecule has 37 heavy (non-hydrogen) atoms. The van der Waals surface area contributed by atoms with E-state index in [1.54, 1.807) is 11.0 Å². The van der Waals surface area contributed by atoms with E-state index in [2.05, 4.69) is 10.3 Å². The van der Waals surface area contributed by atoms with Gasteiger partial charge in [0, 0.05) is 35.6 Å². The van der Waals surface area contributed by atoms with Crippen molar-refractivity contribution < 1.29 is 19.1 Å². The molecule has 0 saturated carbocycles. The van der Waals surface area contributed by atoms with E-state index in [-0.39, 0.29) is 24.3 Å². The number of esters is 1. The molecule has 0 spiro atoms. The molecular weight excluding hydrogens is 466 g/mol. The Kier molecular flexibility index (Phi) is 7.21. The highest BCUT2D eigenvalue weighted by Crippen LogP contribution is 2.25. The number of ether oxygens (including phenoxy) is 1. The van der Waals surface area contributed by atoms with Crippen molar-refractivity contribution in [1.82, 2.24) is 9.88 Å². The van der Waals surface area contributed by atoms with Gasteiger partial charge in [0.25, 0.3) is 5.91 Å². The molecule has 1 aliphatic rings. The van der Waals surface area contributed by atoms with Crippen LogP contribution < -0.4 is 5.32 Å². The summed E-state index contributed by atoms with van der Waals surface area (Å²) in [5, 5.41) is 3.60. The highest BCUT2D eigenvalue weighted by molar-refractivity contribution is 6.05. The summed E-state index contributed by atoms with van der Waals surface area (Å²) in [6.07, 6.45) is 1.13. The zero-order valence-corrected chi connectivity index (χ0v) is 20.3. The first kappa shape index (κ1) is 24.2. The minimum Gasteiger partial charge on any atom is -0.452 e. The topological polar surface area (TPSA) is 88.6 Å². The second-order valence-electron chi connectivity index (χ2n) is 9.02. The highest BCUT2D eigenvalue weighted by Gasteiger charge is 2.28. The van der Waals surface area contributed by atoms with Gasteiger partial charge in [-0.3, -0.25) is 9.59 Å². The molecule has 1 fully saturated rings. The maximum Gasteiger partial charge on any atom is 0.339 e. The molecule has 4 aromatic rings. The minimum absolute atomic E-state index is 0.0384. The quantitative estimate of drug-likeness (QED) is 0.385. The fourth-order valence-corrected chi connectivity index (χ4v) is 4.55. The number of benzene rings is 3. The van der Waals surface area contributed by atoms with Crippen LogP contribution in [0.1, 0.15) is 23.2 Å². The number of fused-ring (bicyclic) bond motifs is 1. The maximum absolute atomic E-state index is 13.1. The molecule has 0 aliphatic carbocycles. The average Bonchev–Trinajstić information content (AvgIpc) is 2.96. The molecule has 1 aliphatic heterocycles. The van der Waals surface area contributed by atoms with Gasteiger partial charge in [-0.2, -0.15) is 0 Å². The van der Waals surface area contributed by atoms with Crippen molar-refractivity contribution in [3.05, 3.63) is 96.6 Å². The number of carbonyl (C=O) groups is 3. The molecule has 0 bridgehead atoms.